The number of hydrogen-bond donors (Lipinski definition) is 2. The van der Waals surface area contributed by atoms with Gasteiger partial charge in [0.2, 0.25) is 0 Å². The summed E-state index contributed by atoms with van der Waals surface area (Å²) < 4.78 is 1.09. The van der Waals surface area contributed by atoms with E-state index in [1.165, 1.54) is 22.5 Å². The number of pyridine rings is 1. The molecule has 0 radical (unpaired) electrons. The second-order valence-corrected chi connectivity index (χ2v) is 9.73. The number of carbonyl (C=O) groups is 1. The molecule has 0 spiro atoms. The third-order valence-electron chi connectivity index (χ3n) is 6.21. The van der Waals surface area contributed by atoms with E-state index in [1.54, 1.807) is 6.08 Å². The van der Waals surface area contributed by atoms with E-state index in [-0.39, 0.29) is 11.9 Å². The van der Waals surface area contributed by atoms with Gasteiger partial charge in [0.15, 0.2) is 0 Å². The molecular weight excluding hydrogens is 414 g/mol. The van der Waals surface area contributed by atoms with Crippen molar-refractivity contribution in [1.29, 1.82) is 0 Å². The van der Waals surface area contributed by atoms with Crippen molar-refractivity contribution < 1.29 is 4.79 Å². The van der Waals surface area contributed by atoms with Gasteiger partial charge in [-0.25, -0.2) is 4.98 Å². The van der Waals surface area contributed by atoms with Crippen LogP contribution >= 0.6 is 11.3 Å². The molecule has 1 aliphatic heterocycles. The molecule has 5 rings (SSSR count). The van der Waals surface area contributed by atoms with Crippen LogP contribution in [0.2, 0.25) is 0 Å². The summed E-state index contributed by atoms with van der Waals surface area (Å²) in [6.45, 7) is 11.1. The van der Waals surface area contributed by atoms with Crippen LogP contribution < -0.4 is 10.6 Å². The van der Waals surface area contributed by atoms with Crippen molar-refractivity contribution in [2.45, 2.75) is 39.2 Å². The van der Waals surface area contributed by atoms with Crippen LogP contribution in [0, 0.1) is 0 Å². The second kappa shape index (κ2) is 8.06. The van der Waals surface area contributed by atoms with Crippen LogP contribution in [0.3, 0.4) is 0 Å². The number of carbonyl (C=O) groups excluding carboxylic acids is 1. The van der Waals surface area contributed by atoms with Gasteiger partial charge in [0, 0.05) is 27.6 Å². The summed E-state index contributed by atoms with van der Waals surface area (Å²) in [5.41, 5.74) is 6.65. The molecule has 2 N–H and O–H groups in total. The molecule has 2 aromatic carbocycles. The molecule has 1 aliphatic rings. The van der Waals surface area contributed by atoms with Crippen LogP contribution in [-0.2, 0) is 6.42 Å². The maximum absolute atomic E-state index is 12.8. The van der Waals surface area contributed by atoms with E-state index in [2.05, 4.69) is 80.4 Å². The SMILES string of the molecule is C=C[C@@H]1CNc2c(sc3ccc4nc(-c5cc(CC)cc(C(C)C)c5)ccc4c23)C(=O)N1. The van der Waals surface area contributed by atoms with E-state index in [0.717, 1.165) is 49.2 Å². The second-order valence-electron chi connectivity index (χ2n) is 8.68. The normalized spacial score (nSPS) is 16.0. The monoisotopic (exact) mass is 441 g/mol. The van der Waals surface area contributed by atoms with Gasteiger partial charge >= 0.3 is 0 Å². The predicted octanol–water partition coefficient (Wildman–Crippen LogP) is 6.51. The molecule has 0 bridgehead atoms. The van der Waals surface area contributed by atoms with E-state index < -0.39 is 0 Å². The minimum Gasteiger partial charge on any atom is -0.381 e. The van der Waals surface area contributed by atoms with Crippen LogP contribution in [0.25, 0.3) is 32.2 Å². The van der Waals surface area contributed by atoms with Gasteiger partial charge in [-0.1, -0.05) is 32.9 Å². The first-order valence-electron chi connectivity index (χ1n) is 11.2. The number of aromatic nitrogens is 1. The van der Waals surface area contributed by atoms with Gasteiger partial charge in [0.25, 0.3) is 5.91 Å². The molecule has 0 aliphatic carbocycles. The van der Waals surface area contributed by atoms with Gasteiger partial charge in [-0.15, -0.1) is 17.9 Å². The summed E-state index contributed by atoms with van der Waals surface area (Å²) >= 11 is 1.52. The molecule has 0 saturated carbocycles. The highest BCUT2D eigenvalue weighted by atomic mass is 32.1. The Balaban J connectivity index is 1.66. The Kier molecular flexibility index (Phi) is 5.22. The average Bonchev–Trinajstić information content (AvgIpc) is 3.12. The van der Waals surface area contributed by atoms with Crippen LogP contribution in [0.15, 0.2) is 55.1 Å². The zero-order chi connectivity index (χ0) is 22.4. The third-order valence-corrected chi connectivity index (χ3v) is 7.37. The molecule has 1 amide bonds. The topological polar surface area (TPSA) is 54.0 Å². The molecule has 0 saturated heterocycles. The quantitative estimate of drug-likeness (QED) is 0.355. The standard InChI is InChI=1S/C27H27N3OS/c1-5-16-11-17(15(3)4)13-18(12-16)21-8-7-20-22(30-21)9-10-23-24(20)25-26(32-23)27(31)29-19(6-2)14-28-25/h6-13,15,19,28H,2,5,14H2,1,3-4H3,(H,29,31)/t19-/m1/s1. The zero-order valence-corrected chi connectivity index (χ0v) is 19.5. The van der Waals surface area contributed by atoms with E-state index in [1.807, 2.05) is 0 Å². The molecule has 162 valence electrons. The van der Waals surface area contributed by atoms with Crippen LogP contribution in [0.5, 0.6) is 0 Å². The Bertz CT molecular complexity index is 1370. The fourth-order valence-corrected chi connectivity index (χ4v) is 5.43. The third kappa shape index (κ3) is 3.47. The molecule has 5 heteroatoms. The highest BCUT2D eigenvalue weighted by Crippen LogP contribution is 2.41. The van der Waals surface area contributed by atoms with Gasteiger partial charge in [-0.2, -0.15) is 0 Å². The maximum Gasteiger partial charge on any atom is 0.264 e. The molecule has 4 nitrogen and oxygen atoms in total. The summed E-state index contributed by atoms with van der Waals surface area (Å²) in [4.78, 5) is 18.5. The largest absolute Gasteiger partial charge is 0.381 e. The molecule has 2 aromatic heterocycles. The molecule has 0 unspecified atom stereocenters. The van der Waals surface area contributed by atoms with Gasteiger partial charge in [0.1, 0.15) is 4.88 Å². The highest BCUT2D eigenvalue weighted by Gasteiger charge is 2.25. The number of nitrogens with zero attached hydrogens (tertiary/aromatic N) is 1. The Morgan fingerprint density at radius 2 is 2.06 bits per heavy atom. The Morgan fingerprint density at radius 3 is 2.81 bits per heavy atom. The van der Waals surface area contributed by atoms with Gasteiger partial charge in [-0.05, 0) is 59.9 Å². The lowest BCUT2D eigenvalue weighted by atomic mass is 9.95. The number of nitrogens with one attached hydrogen (secondary N) is 2. The smallest absolute Gasteiger partial charge is 0.264 e. The Morgan fingerprint density at radius 1 is 1.22 bits per heavy atom. The van der Waals surface area contributed by atoms with Crippen molar-refractivity contribution >= 4 is 43.9 Å². The van der Waals surface area contributed by atoms with Crippen molar-refractivity contribution in [2.24, 2.45) is 0 Å². The van der Waals surface area contributed by atoms with Gasteiger partial charge in [0.05, 0.1) is 22.9 Å². The van der Waals surface area contributed by atoms with Crippen molar-refractivity contribution in [2.75, 3.05) is 11.9 Å². The first kappa shape index (κ1) is 20.7. The molecule has 1 atom stereocenters. The van der Waals surface area contributed by atoms with Gasteiger partial charge < -0.3 is 10.6 Å². The van der Waals surface area contributed by atoms with Crippen molar-refractivity contribution in [3.63, 3.8) is 0 Å². The van der Waals surface area contributed by atoms with E-state index in [0.29, 0.717) is 12.5 Å². The lowest BCUT2D eigenvalue weighted by molar-refractivity contribution is 0.0953. The fraction of sp³-hybridized carbons (Fsp3) is 0.259. The van der Waals surface area contributed by atoms with Crippen molar-refractivity contribution in [3.05, 3.63) is 71.1 Å². The first-order chi connectivity index (χ1) is 15.5. The van der Waals surface area contributed by atoms with Gasteiger partial charge in [-0.3, -0.25) is 4.79 Å². The summed E-state index contributed by atoms with van der Waals surface area (Å²) in [5, 5.41) is 8.65. The number of fused-ring (bicyclic) bond motifs is 5. The summed E-state index contributed by atoms with van der Waals surface area (Å²) in [7, 11) is 0. The Labute approximate surface area is 192 Å². The summed E-state index contributed by atoms with van der Waals surface area (Å²) in [5.74, 6) is 0.421. The molecule has 0 fully saturated rings. The first-order valence-corrected chi connectivity index (χ1v) is 12.0. The number of thiophene rings is 1. The number of anilines is 1. The minimum absolute atomic E-state index is 0.0496. The predicted molar refractivity (Wildman–Crippen MR) is 136 cm³/mol. The molecular formula is C27H27N3OS. The van der Waals surface area contributed by atoms with Crippen LogP contribution in [-0.4, -0.2) is 23.5 Å². The number of aryl methyl sites for hydroxylation is 1. The van der Waals surface area contributed by atoms with Crippen molar-refractivity contribution in [3.8, 4) is 11.3 Å². The number of amides is 1. The van der Waals surface area contributed by atoms with E-state index >= 15 is 0 Å². The number of benzene rings is 2. The minimum atomic E-state index is -0.0853. The van der Waals surface area contributed by atoms with E-state index in [4.69, 9.17) is 4.98 Å². The molecule has 32 heavy (non-hydrogen) atoms. The number of rotatable bonds is 4. The molecule has 3 heterocycles. The lowest BCUT2D eigenvalue weighted by Gasteiger charge is -2.13. The lowest BCUT2D eigenvalue weighted by Crippen LogP contribution is -2.34. The fourth-order valence-electron chi connectivity index (χ4n) is 4.33. The van der Waals surface area contributed by atoms with E-state index in [9.17, 15) is 4.79 Å². The summed E-state index contributed by atoms with van der Waals surface area (Å²) in [6, 6.07) is 15.1. The maximum atomic E-state index is 12.8. The van der Waals surface area contributed by atoms with Crippen molar-refractivity contribution in [1.82, 2.24) is 10.3 Å². The molecule has 4 aromatic rings. The number of hydrogen-bond acceptors (Lipinski definition) is 4. The summed E-state index contributed by atoms with van der Waals surface area (Å²) in [6.07, 6.45) is 2.77. The highest BCUT2D eigenvalue weighted by molar-refractivity contribution is 7.21. The Hall–Kier alpha value is -3.18. The zero-order valence-electron chi connectivity index (χ0n) is 18.7. The average molecular weight is 442 g/mol. The van der Waals surface area contributed by atoms with Crippen LogP contribution in [0.4, 0.5) is 5.69 Å². The van der Waals surface area contributed by atoms with Crippen LogP contribution in [0.1, 0.15) is 47.5 Å².